The van der Waals surface area contributed by atoms with Gasteiger partial charge in [0.15, 0.2) is 0 Å². The Morgan fingerprint density at radius 3 is 2.53 bits per heavy atom. The van der Waals surface area contributed by atoms with Crippen molar-refractivity contribution >= 4 is 34.7 Å². The number of hydrogen-bond donors (Lipinski definition) is 2. The number of thiocarbonyl (C=S) groups is 1. The first-order valence-corrected chi connectivity index (χ1v) is 5.20. The van der Waals surface area contributed by atoms with E-state index in [9.17, 15) is 4.79 Å². The zero-order valence-electron chi connectivity index (χ0n) is 8.00. The SMILES string of the molecule is NC(=S)CCNC(=O)c1ccc(Cl)cc1. The molecule has 1 aromatic carbocycles. The molecule has 0 spiro atoms. The van der Waals surface area contributed by atoms with E-state index in [1.165, 1.54) is 0 Å². The van der Waals surface area contributed by atoms with Crippen LogP contribution in [0.15, 0.2) is 24.3 Å². The maximum Gasteiger partial charge on any atom is 0.251 e. The van der Waals surface area contributed by atoms with Gasteiger partial charge in [-0.1, -0.05) is 23.8 Å². The van der Waals surface area contributed by atoms with Gasteiger partial charge in [-0.05, 0) is 24.3 Å². The molecule has 0 heterocycles. The van der Waals surface area contributed by atoms with Crippen molar-refractivity contribution in [1.82, 2.24) is 5.32 Å². The van der Waals surface area contributed by atoms with Crippen LogP contribution in [-0.2, 0) is 0 Å². The Labute approximate surface area is 98.6 Å². The fourth-order valence-corrected chi connectivity index (χ4v) is 1.23. The number of rotatable bonds is 4. The van der Waals surface area contributed by atoms with Crippen LogP contribution in [0.1, 0.15) is 16.8 Å². The van der Waals surface area contributed by atoms with Crippen LogP contribution in [0.5, 0.6) is 0 Å². The molecule has 0 bridgehead atoms. The molecular weight excluding hydrogens is 232 g/mol. The average molecular weight is 243 g/mol. The Bertz CT molecular complexity index is 364. The Kier molecular flexibility index (Phi) is 4.52. The molecule has 0 aliphatic carbocycles. The lowest BCUT2D eigenvalue weighted by molar-refractivity contribution is 0.0955. The van der Waals surface area contributed by atoms with E-state index in [-0.39, 0.29) is 5.91 Å². The second kappa shape index (κ2) is 5.68. The van der Waals surface area contributed by atoms with Crippen molar-refractivity contribution in [3.8, 4) is 0 Å². The third-order valence-corrected chi connectivity index (χ3v) is 2.22. The summed E-state index contributed by atoms with van der Waals surface area (Å²) < 4.78 is 0. The van der Waals surface area contributed by atoms with Crippen molar-refractivity contribution in [1.29, 1.82) is 0 Å². The monoisotopic (exact) mass is 242 g/mol. The van der Waals surface area contributed by atoms with E-state index in [0.29, 0.717) is 28.5 Å². The zero-order valence-corrected chi connectivity index (χ0v) is 9.57. The molecule has 1 amide bonds. The van der Waals surface area contributed by atoms with E-state index >= 15 is 0 Å². The second-order valence-corrected chi connectivity index (χ2v) is 3.94. The predicted molar refractivity (Wildman–Crippen MR) is 65.2 cm³/mol. The maximum atomic E-state index is 11.5. The number of carbonyl (C=O) groups is 1. The fourth-order valence-electron chi connectivity index (χ4n) is 1.00. The lowest BCUT2D eigenvalue weighted by Gasteiger charge is -2.04. The molecule has 0 saturated heterocycles. The first-order valence-electron chi connectivity index (χ1n) is 4.41. The summed E-state index contributed by atoms with van der Waals surface area (Å²) >= 11 is 10.4. The summed E-state index contributed by atoms with van der Waals surface area (Å²) in [6.45, 7) is 0.455. The normalized spacial score (nSPS) is 9.67. The fraction of sp³-hybridized carbons (Fsp3) is 0.200. The van der Waals surface area contributed by atoms with Crippen molar-refractivity contribution in [2.75, 3.05) is 6.54 Å². The summed E-state index contributed by atoms with van der Waals surface area (Å²) in [5.74, 6) is -0.150. The highest BCUT2D eigenvalue weighted by Gasteiger charge is 2.03. The van der Waals surface area contributed by atoms with Gasteiger partial charge in [-0.25, -0.2) is 0 Å². The summed E-state index contributed by atoms with van der Waals surface area (Å²) in [6.07, 6.45) is 0.509. The van der Waals surface area contributed by atoms with Crippen LogP contribution >= 0.6 is 23.8 Å². The summed E-state index contributed by atoms with van der Waals surface area (Å²) in [5.41, 5.74) is 5.87. The van der Waals surface area contributed by atoms with Gasteiger partial charge in [0.1, 0.15) is 0 Å². The molecule has 0 radical (unpaired) electrons. The van der Waals surface area contributed by atoms with Crippen LogP contribution in [0.4, 0.5) is 0 Å². The molecule has 0 aliphatic rings. The first-order chi connectivity index (χ1) is 7.09. The molecule has 3 N–H and O–H groups in total. The highest BCUT2D eigenvalue weighted by molar-refractivity contribution is 7.80. The molecule has 3 nitrogen and oxygen atoms in total. The molecule has 0 fully saturated rings. The molecule has 15 heavy (non-hydrogen) atoms. The van der Waals surface area contributed by atoms with Gasteiger partial charge in [0, 0.05) is 23.6 Å². The van der Waals surface area contributed by atoms with Gasteiger partial charge in [0.25, 0.3) is 5.91 Å². The molecule has 0 aliphatic heterocycles. The summed E-state index contributed by atoms with van der Waals surface area (Å²) in [7, 11) is 0. The van der Waals surface area contributed by atoms with Crippen molar-refractivity contribution in [3.05, 3.63) is 34.9 Å². The second-order valence-electron chi connectivity index (χ2n) is 2.98. The van der Waals surface area contributed by atoms with Crippen molar-refractivity contribution in [2.45, 2.75) is 6.42 Å². The molecule has 0 unspecified atom stereocenters. The van der Waals surface area contributed by atoms with Gasteiger partial charge in [0.2, 0.25) is 0 Å². The zero-order chi connectivity index (χ0) is 11.3. The van der Waals surface area contributed by atoms with E-state index < -0.39 is 0 Å². The van der Waals surface area contributed by atoms with E-state index in [0.717, 1.165) is 0 Å². The average Bonchev–Trinajstić information content (AvgIpc) is 2.18. The molecule has 0 saturated carbocycles. The number of amides is 1. The van der Waals surface area contributed by atoms with Gasteiger partial charge in [-0.15, -0.1) is 0 Å². The number of halogens is 1. The maximum absolute atomic E-state index is 11.5. The van der Waals surface area contributed by atoms with Crippen LogP contribution in [-0.4, -0.2) is 17.4 Å². The molecule has 0 aromatic heterocycles. The molecule has 5 heteroatoms. The summed E-state index contributed by atoms with van der Waals surface area (Å²) in [6, 6.07) is 6.67. The van der Waals surface area contributed by atoms with Crippen LogP contribution in [0, 0.1) is 0 Å². The van der Waals surface area contributed by atoms with E-state index in [1.54, 1.807) is 24.3 Å². The quantitative estimate of drug-likeness (QED) is 0.791. The van der Waals surface area contributed by atoms with Crippen LogP contribution in [0.25, 0.3) is 0 Å². The minimum absolute atomic E-state index is 0.150. The number of hydrogen-bond acceptors (Lipinski definition) is 2. The minimum atomic E-state index is -0.150. The Hall–Kier alpha value is -1.13. The molecule has 1 rings (SSSR count). The van der Waals surface area contributed by atoms with Gasteiger partial charge in [-0.2, -0.15) is 0 Å². The van der Waals surface area contributed by atoms with Gasteiger partial charge >= 0.3 is 0 Å². The predicted octanol–water partition coefficient (Wildman–Crippen LogP) is 1.75. The summed E-state index contributed by atoms with van der Waals surface area (Å²) in [4.78, 5) is 11.9. The molecule has 1 aromatic rings. The van der Waals surface area contributed by atoms with Crippen LogP contribution < -0.4 is 11.1 Å². The molecule has 0 atom stereocenters. The van der Waals surface area contributed by atoms with Gasteiger partial charge in [0.05, 0.1) is 4.99 Å². The largest absolute Gasteiger partial charge is 0.393 e. The van der Waals surface area contributed by atoms with Crippen molar-refractivity contribution in [2.24, 2.45) is 5.73 Å². The third kappa shape index (κ3) is 4.27. The highest BCUT2D eigenvalue weighted by atomic mass is 35.5. The molecule has 80 valence electrons. The van der Waals surface area contributed by atoms with E-state index in [2.05, 4.69) is 5.32 Å². The highest BCUT2D eigenvalue weighted by Crippen LogP contribution is 2.09. The smallest absolute Gasteiger partial charge is 0.251 e. The lowest BCUT2D eigenvalue weighted by atomic mass is 10.2. The van der Waals surface area contributed by atoms with E-state index in [1.807, 2.05) is 0 Å². The Balaban J connectivity index is 2.47. The number of carbonyl (C=O) groups excluding carboxylic acids is 1. The van der Waals surface area contributed by atoms with Gasteiger partial charge in [-0.3, -0.25) is 4.79 Å². The van der Waals surface area contributed by atoms with Crippen LogP contribution in [0.2, 0.25) is 5.02 Å². The Morgan fingerprint density at radius 1 is 1.40 bits per heavy atom. The van der Waals surface area contributed by atoms with Gasteiger partial charge < -0.3 is 11.1 Å². The standard InChI is InChI=1S/C10H11ClN2OS/c11-8-3-1-7(2-4-8)10(14)13-6-5-9(12)15/h1-4H,5-6H2,(H2,12,15)(H,13,14). The summed E-state index contributed by atoms with van der Waals surface area (Å²) in [5, 5.41) is 3.31. The lowest BCUT2D eigenvalue weighted by Crippen LogP contribution is -2.27. The van der Waals surface area contributed by atoms with Crippen LogP contribution in [0.3, 0.4) is 0 Å². The number of nitrogens with one attached hydrogen (secondary N) is 1. The minimum Gasteiger partial charge on any atom is -0.393 e. The van der Waals surface area contributed by atoms with Crippen molar-refractivity contribution < 1.29 is 4.79 Å². The Morgan fingerprint density at radius 2 is 2.00 bits per heavy atom. The molecular formula is C10H11ClN2OS. The number of benzene rings is 1. The van der Waals surface area contributed by atoms with Crippen molar-refractivity contribution in [3.63, 3.8) is 0 Å². The van der Waals surface area contributed by atoms with E-state index in [4.69, 9.17) is 29.6 Å². The third-order valence-electron chi connectivity index (χ3n) is 1.76. The topological polar surface area (TPSA) is 55.1 Å². The first kappa shape index (κ1) is 11.9. The number of nitrogens with two attached hydrogens (primary N) is 1.